The molecule has 1 aliphatic rings. The molecule has 0 heterocycles. The molecule has 0 spiro atoms. The van der Waals surface area contributed by atoms with E-state index < -0.39 is 10.7 Å². The predicted molar refractivity (Wildman–Crippen MR) is 46.7 cm³/mol. The van der Waals surface area contributed by atoms with Crippen LogP contribution < -0.4 is 4.74 Å². The summed E-state index contributed by atoms with van der Waals surface area (Å²) in [7, 11) is 0. The van der Waals surface area contributed by atoms with Crippen LogP contribution in [0.5, 0.6) is 5.75 Å². The Labute approximate surface area is 79.5 Å². The highest BCUT2D eigenvalue weighted by Gasteiger charge is 2.25. The van der Waals surface area contributed by atoms with E-state index in [2.05, 4.69) is 0 Å². The van der Waals surface area contributed by atoms with Crippen LogP contribution in [0.1, 0.15) is 12.8 Å². The highest BCUT2D eigenvalue weighted by Crippen LogP contribution is 2.30. The summed E-state index contributed by atoms with van der Waals surface area (Å²) in [5, 5.41) is 10.4. The molecule has 0 unspecified atom stereocenters. The third-order valence-electron chi connectivity index (χ3n) is 1.94. The van der Waals surface area contributed by atoms with Gasteiger partial charge in [-0.1, -0.05) is 0 Å². The van der Waals surface area contributed by atoms with Gasteiger partial charge in [-0.2, -0.15) is 0 Å². The molecule has 5 heteroatoms. The van der Waals surface area contributed by atoms with Gasteiger partial charge in [0.2, 0.25) is 0 Å². The number of halogens is 1. The van der Waals surface area contributed by atoms with Crippen molar-refractivity contribution in [2.75, 3.05) is 0 Å². The number of benzene rings is 1. The molecule has 0 aliphatic heterocycles. The molecule has 1 aliphatic carbocycles. The first-order valence-electron chi connectivity index (χ1n) is 4.27. The maximum Gasteiger partial charge on any atom is 0.273 e. The molecule has 74 valence electrons. The molecule has 1 saturated carbocycles. The van der Waals surface area contributed by atoms with E-state index in [4.69, 9.17) is 4.74 Å². The Kier molecular flexibility index (Phi) is 2.07. The number of nitro groups is 1. The van der Waals surface area contributed by atoms with E-state index in [0.29, 0.717) is 0 Å². The van der Waals surface area contributed by atoms with Crippen molar-refractivity contribution in [2.45, 2.75) is 18.9 Å². The van der Waals surface area contributed by atoms with E-state index in [-0.39, 0.29) is 17.5 Å². The van der Waals surface area contributed by atoms with E-state index >= 15 is 0 Å². The normalized spacial score (nSPS) is 15.2. The highest BCUT2D eigenvalue weighted by molar-refractivity contribution is 5.39. The largest absolute Gasteiger partial charge is 0.487 e. The van der Waals surface area contributed by atoms with E-state index in [0.717, 1.165) is 31.0 Å². The van der Waals surface area contributed by atoms with Crippen molar-refractivity contribution < 1.29 is 14.1 Å². The zero-order valence-electron chi connectivity index (χ0n) is 7.27. The maximum absolute atomic E-state index is 13.1. The Morgan fingerprint density at radius 2 is 2.21 bits per heavy atom. The molecule has 1 aromatic rings. The van der Waals surface area contributed by atoms with Crippen molar-refractivity contribution in [2.24, 2.45) is 0 Å². The van der Waals surface area contributed by atoms with Gasteiger partial charge in [0.15, 0.2) is 11.6 Å². The van der Waals surface area contributed by atoms with Crippen molar-refractivity contribution in [1.29, 1.82) is 0 Å². The summed E-state index contributed by atoms with van der Waals surface area (Å²) in [6, 6.07) is 3.29. The second-order valence-corrected chi connectivity index (χ2v) is 3.19. The third kappa shape index (κ3) is 1.81. The topological polar surface area (TPSA) is 52.4 Å². The molecule has 0 N–H and O–H groups in total. The first kappa shape index (κ1) is 8.93. The molecule has 0 saturated heterocycles. The first-order chi connectivity index (χ1) is 6.66. The lowest BCUT2D eigenvalue weighted by Crippen LogP contribution is -1.99. The van der Waals surface area contributed by atoms with Crippen LogP contribution in [0, 0.1) is 15.9 Å². The van der Waals surface area contributed by atoms with Crippen LogP contribution in [0.15, 0.2) is 18.2 Å². The Morgan fingerprint density at radius 3 is 2.79 bits per heavy atom. The Balaban J connectivity index is 2.26. The Morgan fingerprint density at radius 1 is 1.50 bits per heavy atom. The van der Waals surface area contributed by atoms with E-state index in [1.165, 1.54) is 0 Å². The molecule has 0 bridgehead atoms. The van der Waals surface area contributed by atoms with Crippen LogP contribution in [0.2, 0.25) is 0 Å². The average molecular weight is 197 g/mol. The summed E-state index contributed by atoms with van der Waals surface area (Å²) >= 11 is 0. The van der Waals surface area contributed by atoms with Gasteiger partial charge in [0, 0.05) is 6.07 Å². The molecular formula is C9H8FNO3. The molecule has 1 fully saturated rings. The van der Waals surface area contributed by atoms with E-state index in [1.807, 2.05) is 0 Å². The third-order valence-corrected chi connectivity index (χ3v) is 1.94. The molecule has 0 amide bonds. The number of hydrogen-bond donors (Lipinski definition) is 0. The lowest BCUT2D eigenvalue weighted by Gasteiger charge is -2.04. The van der Waals surface area contributed by atoms with Gasteiger partial charge >= 0.3 is 0 Å². The Hall–Kier alpha value is -1.65. The summed E-state index contributed by atoms with van der Waals surface area (Å²) in [5.41, 5.74) is -0.151. The van der Waals surface area contributed by atoms with Crippen LogP contribution >= 0.6 is 0 Å². The lowest BCUT2D eigenvalue weighted by atomic mass is 10.3. The predicted octanol–water partition coefficient (Wildman–Crippen LogP) is 2.28. The van der Waals surface area contributed by atoms with Gasteiger partial charge in [-0.3, -0.25) is 10.1 Å². The summed E-state index contributed by atoms with van der Waals surface area (Å²) in [4.78, 5) is 9.82. The number of ether oxygens (including phenoxy) is 1. The second-order valence-electron chi connectivity index (χ2n) is 3.19. The molecular weight excluding hydrogens is 189 g/mol. The van der Waals surface area contributed by atoms with Crippen LogP contribution in [0.4, 0.5) is 10.1 Å². The molecule has 2 rings (SSSR count). The molecule has 4 nitrogen and oxygen atoms in total. The zero-order chi connectivity index (χ0) is 10.1. The monoisotopic (exact) mass is 197 g/mol. The van der Waals surface area contributed by atoms with Crippen LogP contribution in [-0.4, -0.2) is 11.0 Å². The summed E-state index contributed by atoms with van der Waals surface area (Å²) in [5.74, 6) is -0.579. The fourth-order valence-electron chi connectivity index (χ4n) is 1.06. The Bertz CT molecular complexity index is 376. The van der Waals surface area contributed by atoms with Crippen molar-refractivity contribution in [3.8, 4) is 5.75 Å². The number of nitrogens with zero attached hydrogens (tertiary/aromatic N) is 1. The lowest BCUT2D eigenvalue weighted by molar-refractivity contribution is -0.385. The van der Waals surface area contributed by atoms with Crippen LogP contribution in [0.25, 0.3) is 0 Å². The molecule has 14 heavy (non-hydrogen) atoms. The highest BCUT2D eigenvalue weighted by atomic mass is 19.1. The molecule has 1 aromatic carbocycles. The fraction of sp³-hybridized carbons (Fsp3) is 0.333. The SMILES string of the molecule is O=[N+]([O-])c1ccc(F)c(OC2CC2)c1. The van der Waals surface area contributed by atoms with Crippen LogP contribution in [-0.2, 0) is 0 Å². The van der Waals surface area contributed by atoms with E-state index in [1.54, 1.807) is 0 Å². The minimum Gasteiger partial charge on any atom is -0.487 e. The first-order valence-corrected chi connectivity index (χ1v) is 4.27. The maximum atomic E-state index is 13.1. The summed E-state index contributed by atoms with van der Waals surface area (Å²) < 4.78 is 18.2. The number of nitro benzene ring substituents is 1. The smallest absolute Gasteiger partial charge is 0.273 e. The molecule has 0 aromatic heterocycles. The van der Waals surface area contributed by atoms with Gasteiger partial charge in [0.05, 0.1) is 17.1 Å². The molecule has 0 radical (unpaired) electrons. The minimum absolute atomic E-state index is 0.0262. The van der Waals surface area contributed by atoms with Crippen molar-refractivity contribution in [3.63, 3.8) is 0 Å². The average Bonchev–Trinajstić information content (AvgIpc) is 2.92. The van der Waals surface area contributed by atoms with Gasteiger partial charge in [-0.25, -0.2) is 4.39 Å². The number of non-ortho nitro benzene ring substituents is 1. The van der Waals surface area contributed by atoms with Crippen molar-refractivity contribution in [3.05, 3.63) is 34.1 Å². The summed E-state index contributed by atoms with van der Waals surface area (Å²) in [6.07, 6.45) is 1.82. The standard InChI is InChI=1S/C9H8FNO3/c10-8-4-1-6(11(12)13)5-9(8)14-7-2-3-7/h1,4-5,7H,2-3H2. The minimum atomic E-state index is -0.570. The van der Waals surface area contributed by atoms with Crippen molar-refractivity contribution in [1.82, 2.24) is 0 Å². The quantitative estimate of drug-likeness (QED) is 0.551. The second kappa shape index (κ2) is 3.25. The van der Waals surface area contributed by atoms with Gasteiger partial charge in [0.1, 0.15) is 0 Å². The number of rotatable bonds is 3. The van der Waals surface area contributed by atoms with Gasteiger partial charge < -0.3 is 4.74 Å². The number of hydrogen-bond acceptors (Lipinski definition) is 3. The van der Waals surface area contributed by atoms with Crippen LogP contribution in [0.3, 0.4) is 0 Å². The summed E-state index contributed by atoms with van der Waals surface area (Å²) in [6.45, 7) is 0. The molecule has 0 atom stereocenters. The van der Waals surface area contributed by atoms with Gasteiger partial charge in [-0.05, 0) is 18.9 Å². The fourth-order valence-corrected chi connectivity index (χ4v) is 1.06. The van der Waals surface area contributed by atoms with Crippen molar-refractivity contribution >= 4 is 5.69 Å². The zero-order valence-corrected chi connectivity index (χ0v) is 7.27. The van der Waals surface area contributed by atoms with Gasteiger partial charge in [0.25, 0.3) is 5.69 Å². The van der Waals surface area contributed by atoms with Gasteiger partial charge in [-0.15, -0.1) is 0 Å². The van der Waals surface area contributed by atoms with E-state index in [9.17, 15) is 14.5 Å².